The second-order valence-electron chi connectivity index (χ2n) is 4.67. The summed E-state index contributed by atoms with van der Waals surface area (Å²) in [6.07, 6.45) is 0.507. The molecule has 0 aliphatic heterocycles. The molecule has 1 amide bonds. The van der Waals surface area contributed by atoms with Crippen LogP contribution in [0.15, 0.2) is 28.7 Å². The van der Waals surface area contributed by atoms with Crippen molar-refractivity contribution in [3.8, 4) is 0 Å². The van der Waals surface area contributed by atoms with E-state index in [9.17, 15) is 4.79 Å². The minimum Gasteiger partial charge on any atom is -0.354 e. The Hall–Kier alpha value is -0.870. The maximum absolute atomic E-state index is 11.5. The number of hydrogen-bond donors (Lipinski definition) is 2. The van der Waals surface area contributed by atoms with Crippen LogP contribution in [0.25, 0.3) is 0 Å². The van der Waals surface area contributed by atoms with Gasteiger partial charge in [0.05, 0.1) is 0 Å². The topological polar surface area (TPSA) is 41.1 Å². The summed E-state index contributed by atoms with van der Waals surface area (Å²) >= 11 is 3.53. The van der Waals surface area contributed by atoms with E-state index in [4.69, 9.17) is 0 Å². The van der Waals surface area contributed by atoms with Gasteiger partial charge in [-0.25, -0.2) is 0 Å². The van der Waals surface area contributed by atoms with Gasteiger partial charge in [-0.2, -0.15) is 0 Å². The highest BCUT2D eigenvalue weighted by Crippen LogP contribution is 2.22. The van der Waals surface area contributed by atoms with Crippen molar-refractivity contribution in [3.63, 3.8) is 0 Å². The van der Waals surface area contributed by atoms with Crippen molar-refractivity contribution in [1.29, 1.82) is 0 Å². The van der Waals surface area contributed by atoms with Gasteiger partial charge >= 0.3 is 0 Å². The maximum Gasteiger partial charge on any atom is 0.221 e. The Kier molecular flexibility index (Phi) is 6.36. The normalized spacial score (nSPS) is 12.5. The van der Waals surface area contributed by atoms with Crippen LogP contribution in [0, 0.1) is 0 Å². The Morgan fingerprint density at radius 3 is 2.56 bits per heavy atom. The zero-order chi connectivity index (χ0) is 13.5. The third kappa shape index (κ3) is 5.19. The predicted octanol–water partition coefficient (Wildman–Crippen LogP) is 3.01. The zero-order valence-electron chi connectivity index (χ0n) is 11.2. The minimum atomic E-state index is 0.0943. The highest BCUT2D eigenvalue weighted by atomic mass is 79.9. The summed E-state index contributed by atoms with van der Waals surface area (Å²) in [5, 5.41) is 6.23. The molecule has 0 saturated carbocycles. The SMILES string of the molecule is CC(C)NC(=O)CCN[C@H](C)c1ccccc1Br. The summed E-state index contributed by atoms with van der Waals surface area (Å²) in [5.74, 6) is 0.0943. The Morgan fingerprint density at radius 2 is 1.94 bits per heavy atom. The van der Waals surface area contributed by atoms with Crippen molar-refractivity contribution in [3.05, 3.63) is 34.3 Å². The highest BCUT2D eigenvalue weighted by molar-refractivity contribution is 9.10. The predicted molar refractivity (Wildman–Crippen MR) is 78.5 cm³/mol. The molecule has 0 saturated heterocycles. The number of rotatable bonds is 6. The van der Waals surface area contributed by atoms with Gasteiger partial charge in [0, 0.05) is 29.5 Å². The van der Waals surface area contributed by atoms with Crippen LogP contribution < -0.4 is 10.6 Å². The van der Waals surface area contributed by atoms with Gasteiger partial charge in [0.15, 0.2) is 0 Å². The van der Waals surface area contributed by atoms with Crippen LogP contribution in [0.1, 0.15) is 38.8 Å². The molecule has 1 atom stereocenters. The quantitative estimate of drug-likeness (QED) is 0.847. The Bertz CT molecular complexity index is 393. The van der Waals surface area contributed by atoms with Gasteiger partial charge < -0.3 is 10.6 Å². The summed E-state index contributed by atoms with van der Waals surface area (Å²) in [5.41, 5.74) is 1.21. The van der Waals surface area contributed by atoms with E-state index in [1.54, 1.807) is 0 Å². The zero-order valence-corrected chi connectivity index (χ0v) is 12.8. The summed E-state index contributed by atoms with van der Waals surface area (Å²) in [4.78, 5) is 11.5. The van der Waals surface area contributed by atoms with Crippen LogP contribution in [0.2, 0.25) is 0 Å². The van der Waals surface area contributed by atoms with Gasteiger partial charge in [0.2, 0.25) is 5.91 Å². The third-order valence-corrected chi connectivity index (χ3v) is 3.35. The lowest BCUT2D eigenvalue weighted by atomic mass is 10.1. The molecule has 0 aromatic heterocycles. The largest absolute Gasteiger partial charge is 0.354 e. The molecular formula is C14H21BrN2O. The van der Waals surface area contributed by atoms with E-state index in [1.807, 2.05) is 32.0 Å². The molecule has 3 nitrogen and oxygen atoms in total. The van der Waals surface area contributed by atoms with Crippen molar-refractivity contribution in [2.45, 2.75) is 39.3 Å². The molecule has 0 fully saturated rings. The molecule has 4 heteroatoms. The van der Waals surface area contributed by atoms with Gasteiger partial charge in [0.25, 0.3) is 0 Å². The van der Waals surface area contributed by atoms with E-state index < -0.39 is 0 Å². The Labute approximate surface area is 117 Å². The van der Waals surface area contributed by atoms with Crippen molar-refractivity contribution < 1.29 is 4.79 Å². The molecule has 0 unspecified atom stereocenters. The van der Waals surface area contributed by atoms with Crippen molar-refractivity contribution in [1.82, 2.24) is 10.6 Å². The summed E-state index contributed by atoms with van der Waals surface area (Å²) < 4.78 is 1.09. The minimum absolute atomic E-state index is 0.0943. The van der Waals surface area contributed by atoms with E-state index in [2.05, 4.69) is 39.6 Å². The molecule has 18 heavy (non-hydrogen) atoms. The second-order valence-corrected chi connectivity index (χ2v) is 5.52. The molecule has 0 radical (unpaired) electrons. The maximum atomic E-state index is 11.5. The average molecular weight is 313 g/mol. The fourth-order valence-electron chi connectivity index (χ4n) is 1.73. The molecule has 0 spiro atoms. The van der Waals surface area contributed by atoms with Crippen molar-refractivity contribution in [2.24, 2.45) is 0 Å². The lowest BCUT2D eigenvalue weighted by molar-refractivity contribution is -0.121. The van der Waals surface area contributed by atoms with Gasteiger partial charge in [0.1, 0.15) is 0 Å². The summed E-state index contributed by atoms with van der Waals surface area (Å²) in [6.45, 7) is 6.71. The monoisotopic (exact) mass is 312 g/mol. The van der Waals surface area contributed by atoms with Crippen molar-refractivity contribution in [2.75, 3.05) is 6.54 Å². The van der Waals surface area contributed by atoms with E-state index in [1.165, 1.54) is 5.56 Å². The highest BCUT2D eigenvalue weighted by Gasteiger charge is 2.09. The second kappa shape index (κ2) is 7.54. The first-order chi connectivity index (χ1) is 8.50. The molecule has 2 N–H and O–H groups in total. The molecule has 0 bridgehead atoms. The molecule has 0 heterocycles. The van der Waals surface area contributed by atoms with Crippen LogP contribution in [0.5, 0.6) is 0 Å². The number of carbonyl (C=O) groups excluding carboxylic acids is 1. The van der Waals surface area contributed by atoms with Crippen LogP contribution in [0.4, 0.5) is 0 Å². The van der Waals surface area contributed by atoms with Gasteiger partial charge in [-0.15, -0.1) is 0 Å². The fourth-order valence-corrected chi connectivity index (χ4v) is 2.36. The van der Waals surface area contributed by atoms with Crippen LogP contribution in [-0.2, 0) is 4.79 Å². The van der Waals surface area contributed by atoms with Gasteiger partial charge in [-0.3, -0.25) is 4.79 Å². The van der Waals surface area contributed by atoms with Gasteiger partial charge in [-0.05, 0) is 32.4 Å². The number of hydrogen-bond acceptors (Lipinski definition) is 2. The molecule has 1 rings (SSSR count). The first kappa shape index (κ1) is 15.2. The Morgan fingerprint density at radius 1 is 1.28 bits per heavy atom. The summed E-state index contributed by atoms with van der Waals surface area (Å²) in [6, 6.07) is 8.56. The molecule has 1 aromatic carbocycles. The van der Waals surface area contributed by atoms with Gasteiger partial charge in [-0.1, -0.05) is 34.1 Å². The number of carbonyl (C=O) groups is 1. The molecule has 1 aromatic rings. The molecule has 0 aliphatic rings. The number of nitrogens with one attached hydrogen (secondary N) is 2. The molecule has 100 valence electrons. The molecule has 0 aliphatic carbocycles. The first-order valence-corrected chi connectivity index (χ1v) is 7.07. The van der Waals surface area contributed by atoms with Crippen LogP contribution in [0.3, 0.4) is 0 Å². The summed E-state index contributed by atoms with van der Waals surface area (Å²) in [7, 11) is 0. The number of benzene rings is 1. The van der Waals surface area contributed by atoms with E-state index in [0.717, 1.165) is 4.47 Å². The first-order valence-electron chi connectivity index (χ1n) is 6.28. The van der Waals surface area contributed by atoms with E-state index >= 15 is 0 Å². The van der Waals surface area contributed by atoms with Crippen LogP contribution in [-0.4, -0.2) is 18.5 Å². The van der Waals surface area contributed by atoms with E-state index in [0.29, 0.717) is 13.0 Å². The third-order valence-electron chi connectivity index (χ3n) is 2.62. The fraction of sp³-hybridized carbons (Fsp3) is 0.500. The Balaban J connectivity index is 2.36. The van der Waals surface area contributed by atoms with E-state index in [-0.39, 0.29) is 18.0 Å². The molecular weight excluding hydrogens is 292 g/mol. The standard InChI is InChI=1S/C14H21BrN2O/c1-10(2)17-14(18)8-9-16-11(3)12-6-4-5-7-13(12)15/h4-7,10-11,16H,8-9H2,1-3H3,(H,17,18)/t11-/m1/s1. The van der Waals surface area contributed by atoms with Crippen molar-refractivity contribution >= 4 is 21.8 Å². The lowest BCUT2D eigenvalue weighted by Crippen LogP contribution is -2.33. The van der Waals surface area contributed by atoms with Crippen LogP contribution >= 0.6 is 15.9 Å². The lowest BCUT2D eigenvalue weighted by Gasteiger charge is -2.16. The smallest absolute Gasteiger partial charge is 0.221 e. The number of amides is 1. The number of halogens is 1. The average Bonchev–Trinajstić information content (AvgIpc) is 2.28.